The Kier molecular flexibility index (Phi) is 7.42. The van der Waals surface area contributed by atoms with Crippen LogP contribution < -0.4 is 5.73 Å². The normalized spacial score (nSPS) is 12.6. The molecular weight excluding hydrogens is 180 g/mol. The summed E-state index contributed by atoms with van der Waals surface area (Å²) in [6.07, 6.45) is 1.47. The Morgan fingerprint density at radius 3 is 2.57 bits per heavy atom. The topological polar surface area (TPSA) is 55.6 Å². The molecule has 84 valence electrons. The fraction of sp³-hybridized carbons (Fsp3) is 0.900. The quantitative estimate of drug-likeness (QED) is 0.658. The molecule has 1 atom stereocenters. The molecule has 0 aliphatic carbocycles. The minimum atomic E-state index is -0.348. The number of hydrogen-bond donors (Lipinski definition) is 1. The highest BCUT2D eigenvalue weighted by Gasteiger charge is 2.18. The number of rotatable bonds is 7. The van der Waals surface area contributed by atoms with Gasteiger partial charge in [0.05, 0.1) is 0 Å². The van der Waals surface area contributed by atoms with Crippen molar-refractivity contribution in [1.82, 2.24) is 4.90 Å². The lowest BCUT2D eigenvalue weighted by Crippen LogP contribution is -2.40. The van der Waals surface area contributed by atoms with E-state index < -0.39 is 0 Å². The number of nitrogens with two attached hydrogens (primary N) is 1. The van der Waals surface area contributed by atoms with E-state index in [2.05, 4.69) is 6.92 Å². The van der Waals surface area contributed by atoms with Crippen LogP contribution in [-0.4, -0.2) is 43.7 Å². The largest absolute Gasteiger partial charge is 0.372 e. The van der Waals surface area contributed by atoms with Gasteiger partial charge in [0, 0.05) is 20.2 Å². The van der Waals surface area contributed by atoms with Crippen LogP contribution in [0, 0.1) is 0 Å². The van der Waals surface area contributed by atoms with Crippen LogP contribution in [0.25, 0.3) is 0 Å². The third kappa shape index (κ3) is 4.58. The monoisotopic (exact) mass is 202 g/mol. The van der Waals surface area contributed by atoms with Gasteiger partial charge in [0.25, 0.3) is 5.91 Å². The van der Waals surface area contributed by atoms with E-state index in [0.717, 1.165) is 25.9 Å². The molecule has 0 bridgehead atoms. The lowest BCUT2D eigenvalue weighted by molar-refractivity contribution is -0.141. The SMILES string of the molecule is CCCN(CCCN)C(=O)C(C)OC. The Labute approximate surface area is 86.4 Å². The second-order valence-corrected chi connectivity index (χ2v) is 3.35. The summed E-state index contributed by atoms with van der Waals surface area (Å²) >= 11 is 0. The molecular formula is C10H22N2O2. The summed E-state index contributed by atoms with van der Waals surface area (Å²) in [4.78, 5) is 13.6. The molecule has 0 spiro atoms. The molecule has 2 N–H and O–H groups in total. The molecule has 0 aromatic carbocycles. The number of ether oxygens (including phenoxy) is 1. The highest BCUT2D eigenvalue weighted by Crippen LogP contribution is 2.00. The molecule has 0 saturated heterocycles. The number of nitrogens with zero attached hydrogens (tertiary/aromatic N) is 1. The van der Waals surface area contributed by atoms with Crippen molar-refractivity contribution in [2.24, 2.45) is 5.73 Å². The molecule has 0 aromatic heterocycles. The van der Waals surface area contributed by atoms with Gasteiger partial charge in [-0.05, 0) is 26.3 Å². The Hall–Kier alpha value is -0.610. The first-order chi connectivity index (χ1) is 6.67. The highest BCUT2D eigenvalue weighted by molar-refractivity contribution is 5.80. The fourth-order valence-corrected chi connectivity index (χ4v) is 1.24. The van der Waals surface area contributed by atoms with Gasteiger partial charge < -0.3 is 15.4 Å². The van der Waals surface area contributed by atoms with Crippen molar-refractivity contribution in [3.63, 3.8) is 0 Å². The first-order valence-corrected chi connectivity index (χ1v) is 5.19. The molecule has 4 heteroatoms. The van der Waals surface area contributed by atoms with Gasteiger partial charge in [-0.15, -0.1) is 0 Å². The van der Waals surface area contributed by atoms with Crippen molar-refractivity contribution in [3.05, 3.63) is 0 Å². The summed E-state index contributed by atoms with van der Waals surface area (Å²) in [6.45, 7) is 5.96. The summed E-state index contributed by atoms with van der Waals surface area (Å²) in [5.41, 5.74) is 5.41. The molecule has 0 saturated carbocycles. The number of methoxy groups -OCH3 is 1. The van der Waals surface area contributed by atoms with Crippen molar-refractivity contribution >= 4 is 5.91 Å². The summed E-state index contributed by atoms with van der Waals surface area (Å²) in [7, 11) is 1.55. The summed E-state index contributed by atoms with van der Waals surface area (Å²) in [6, 6.07) is 0. The van der Waals surface area contributed by atoms with Crippen LogP contribution in [0.5, 0.6) is 0 Å². The maximum Gasteiger partial charge on any atom is 0.251 e. The standard InChI is InChI=1S/C10H22N2O2/c1-4-7-12(8-5-6-11)10(13)9(2)14-3/h9H,4-8,11H2,1-3H3. The van der Waals surface area contributed by atoms with Crippen LogP contribution >= 0.6 is 0 Å². The van der Waals surface area contributed by atoms with Gasteiger partial charge in [0.15, 0.2) is 0 Å². The minimum absolute atomic E-state index is 0.0581. The lowest BCUT2D eigenvalue weighted by atomic mass is 10.3. The Morgan fingerprint density at radius 2 is 2.14 bits per heavy atom. The Bertz CT molecular complexity index is 162. The number of carbonyl (C=O) groups is 1. The van der Waals surface area contributed by atoms with Crippen LogP contribution in [0.15, 0.2) is 0 Å². The van der Waals surface area contributed by atoms with Crippen molar-refractivity contribution in [2.75, 3.05) is 26.7 Å². The first-order valence-electron chi connectivity index (χ1n) is 5.19. The second kappa shape index (κ2) is 7.76. The van der Waals surface area contributed by atoms with Gasteiger partial charge >= 0.3 is 0 Å². The summed E-state index contributed by atoms with van der Waals surface area (Å²) in [5.74, 6) is 0.0581. The molecule has 0 aromatic rings. The number of carbonyl (C=O) groups excluding carboxylic acids is 1. The van der Waals surface area contributed by atoms with Crippen molar-refractivity contribution < 1.29 is 9.53 Å². The first kappa shape index (κ1) is 13.4. The van der Waals surface area contributed by atoms with E-state index in [9.17, 15) is 4.79 Å². The third-order valence-electron chi connectivity index (χ3n) is 2.14. The molecule has 0 rings (SSSR count). The second-order valence-electron chi connectivity index (χ2n) is 3.35. The van der Waals surface area contributed by atoms with E-state index in [1.807, 2.05) is 4.90 Å². The zero-order valence-corrected chi connectivity index (χ0v) is 9.45. The van der Waals surface area contributed by atoms with Crippen LogP contribution in [0.3, 0.4) is 0 Å². The molecule has 0 aliphatic rings. The zero-order chi connectivity index (χ0) is 11.0. The van der Waals surface area contributed by atoms with Crippen molar-refractivity contribution in [2.45, 2.75) is 32.8 Å². The number of hydrogen-bond acceptors (Lipinski definition) is 3. The van der Waals surface area contributed by atoms with Gasteiger partial charge in [-0.1, -0.05) is 6.92 Å². The average molecular weight is 202 g/mol. The maximum absolute atomic E-state index is 11.7. The molecule has 1 unspecified atom stereocenters. The van der Waals surface area contributed by atoms with E-state index in [1.54, 1.807) is 14.0 Å². The smallest absolute Gasteiger partial charge is 0.251 e. The molecule has 0 fully saturated rings. The van der Waals surface area contributed by atoms with E-state index >= 15 is 0 Å². The molecule has 0 heterocycles. The third-order valence-corrected chi connectivity index (χ3v) is 2.14. The van der Waals surface area contributed by atoms with Crippen LogP contribution in [-0.2, 0) is 9.53 Å². The van der Waals surface area contributed by atoms with Crippen LogP contribution in [0.4, 0.5) is 0 Å². The van der Waals surface area contributed by atoms with E-state index in [1.165, 1.54) is 0 Å². The molecule has 14 heavy (non-hydrogen) atoms. The zero-order valence-electron chi connectivity index (χ0n) is 9.45. The van der Waals surface area contributed by atoms with Gasteiger partial charge in [-0.2, -0.15) is 0 Å². The Balaban J connectivity index is 4.10. The van der Waals surface area contributed by atoms with Crippen molar-refractivity contribution in [3.8, 4) is 0 Å². The molecule has 0 aliphatic heterocycles. The van der Waals surface area contributed by atoms with Gasteiger partial charge in [0.2, 0.25) is 0 Å². The molecule has 1 amide bonds. The van der Waals surface area contributed by atoms with Gasteiger partial charge in [0.1, 0.15) is 6.10 Å². The molecule has 4 nitrogen and oxygen atoms in total. The van der Waals surface area contributed by atoms with Gasteiger partial charge in [-0.25, -0.2) is 0 Å². The summed E-state index contributed by atoms with van der Waals surface area (Å²) in [5, 5.41) is 0. The molecule has 0 radical (unpaired) electrons. The fourth-order valence-electron chi connectivity index (χ4n) is 1.24. The van der Waals surface area contributed by atoms with Crippen molar-refractivity contribution in [1.29, 1.82) is 0 Å². The predicted molar refractivity (Wildman–Crippen MR) is 57.0 cm³/mol. The lowest BCUT2D eigenvalue weighted by Gasteiger charge is -2.24. The van der Waals surface area contributed by atoms with Crippen LogP contribution in [0.1, 0.15) is 26.7 Å². The van der Waals surface area contributed by atoms with E-state index in [-0.39, 0.29) is 12.0 Å². The van der Waals surface area contributed by atoms with E-state index in [4.69, 9.17) is 10.5 Å². The Morgan fingerprint density at radius 1 is 1.50 bits per heavy atom. The number of amides is 1. The van der Waals surface area contributed by atoms with Gasteiger partial charge in [-0.3, -0.25) is 4.79 Å². The minimum Gasteiger partial charge on any atom is -0.372 e. The predicted octanol–water partition coefficient (Wildman–Crippen LogP) is 0.609. The van der Waals surface area contributed by atoms with E-state index in [0.29, 0.717) is 6.54 Å². The highest BCUT2D eigenvalue weighted by atomic mass is 16.5. The summed E-state index contributed by atoms with van der Waals surface area (Å²) < 4.78 is 5.00. The maximum atomic E-state index is 11.7. The van der Waals surface area contributed by atoms with Crippen LogP contribution in [0.2, 0.25) is 0 Å². The average Bonchev–Trinajstić information content (AvgIpc) is 2.22.